The Morgan fingerprint density at radius 2 is 1.77 bits per heavy atom. The van der Waals surface area contributed by atoms with Crippen LogP contribution >= 0.6 is 0 Å². The Morgan fingerprint density at radius 3 is 2.34 bits per heavy atom. The van der Waals surface area contributed by atoms with Crippen molar-refractivity contribution < 1.29 is 33.7 Å². The number of fused-ring (bicyclic) bond motifs is 3. The Hall–Kier alpha value is -3.43. The normalized spacial score (nSPS) is 19.8. The van der Waals surface area contributed by atoms with Crippen molar-refractivity contribution in [3.63, 3.8) is 0 Å². The summed E-state index contributed by atoms with van der Waals surface area (Å²) in [6.45, 7) is 0.441. The number of methoxy groups -OCH3 is 1. The number of amides is 2. The highest BCUT2D eigenvalue weighted by molar-refractivity contribution is 5.86. The number of alkyl carbamates (subject to hydrolysis) is 1. The van der Waals surface area contributed by atoms with E-state index in [2.05, 4.69) is 22.8 Å². The van der Waals surface area contributed by atoms with Gasteiger partial charge in [-0.1, -0.05) is 48.5 Å². The maximum Gasteiger partial charge on any atom is 0.407 e. The van der Waals surface area contributed by atoms with Crippen molar-refractivity contribution in [2.75, 3.05) is 40.1 Å². The number of nitrogens with one attached hydrogen (secondary N) is 2. The van der Waals surface area contributed by atoms with E-state index in [9.17, 15) is 19.5 Å². The zero-order valence-corrected chi connectivity index (χ0v) is 19.6. The van der Waals surface area contributed by atoms with Crippen LogP contribution in [0.1, 0.15) is 29.9 Å². The van der Waals surface area contributed by atoms with Crippen molar-refractivity contribution >= 4 is 18.0 Å². The molecule has 2 atom stereocenters. The van der Waals surface area contributed by atoms with E-state index in [1.54, 1.807) is 0 Å². The van der Waals surface area contributed by atoms with Crippen molar-refractivity contribution in [2.45, 2.75) is 24.8 Å². The average molecular weight is 483 g/mol. The molecule has 2 aromatic rings. The smallest absolute Gasteiger partial charge is 0.407 e. The Labute approximate surface area is 203 Å². The second-order valence-electron chi connectivity index (χ2n) is 8.94. The fourth-order valence-electron chi connectivity index (χ4n) is 4.75. The van der Waals surface area contributed by atoms with Gasteiger partial charge in [-0.3, -0.25) is 9.59 Å². The van der Waals surface area contributed by atoms with E-state index in [0.29, 0.717) is 19.4 Å². The number of benzene rings is 2. The second kappa shape index (κ2) is 10.9. The van der Waals surface area contributed by atoms with E-state index >= 15 is 0 Å². The molecule has 1 saturated heterocycles. The molecule has 3 N–H and O–H groups in total. The van der Waals surface area contributed by atoms with Crippen molar-refractivity contribution in [2.24, 2.45) is 5.41 Å². The van der Waals surface area contributed by atoms with Crippen molar-refractivity contribution in [3.8, 4) is 11.1 Å². The Bertz CT molecular complexity index is 1040. The molecule has 35 heavy (non-hydrogen) atoms. The molecule has 1 heterocycles. The summed E-state index contributed by atoms with van der Waals surface area (Å²) in [5.41, 5.74) is 3.22. The van der Waals surface area contributed by atoms with E-state index in [1.807, 2.05) is 36.4 Å². The maximum atomic E-state index is 12.8. The average Bonchev–Trinajstić information content (AvgIpc) is 3.20. The predicted octanol–water partition coefficient (Wildman–Crippen LogP) is 2.54. The zero-order chi connectivity index (χ0) is 24.8. The number of hydrogen-bond donors (Lipinski definition) is 3. The molecular formula is C26H30N2O7. The summed E-state index contributed by atoms with van der Waals surface area (Å²) in [4.78, 5) is 37.2. The monoisotopic (exact) mass is 482 g/mol. The zero-order valence-electron chi connectivity index (χ0n) is 19.6. The van der Waals surface area contributed by atoms with Crippen LogP contribution in [-0.4, -0.2) is 69.2 Å². The lowest BCUT2D eigenvalue weighted by atomic mass is 9.82. The molecule has 0 bridgehead atoms. The third-order valence-corrected chi connectivity index (χ3v) is 6.66. The molecule has 1 aliphatic heterocycles. The molecule has 2 aliphatic rings. The third kappa shape index (κ3) is 5.31. The number of hydrogen-bond acceptors (Lipinski definition) is 6. The molecule has 2 aromatic carbocycles. The van der Waals surface area contributed by atoms with Crippen LogP contribution in [-0.2, 0) is 23.8 Å². The van der Waals surface area contributed by atoms with Crippen LogP contribution in [0.25, 0.3) is 11.1 Å². The van der Waals surface area contributed by atoms with E-state index in [-0.39, 0.29) is 32.3 Å². The number of aliphatic carboxylic acids is 1. The van der Waals surface area contributed by atoms with Gasteiger partial charge >= 0.3 is 12.1 Å². The van der Waals surface area contributed by atoms with E-state index in [1.165, 1.54) is 7.11 Å². The number of ether oxygens (including phenoxy) is 3. The van der Waals surface area contributed by atoms with Gasteiger partial charge in [0.15, 0.2) is 0 Å². The van der Waals surface area contributed by atoms with Gasteiger partial charge in [0.2, 0.25) is 5.91 Å². The minimum atomic E-state index is -1.19. The first kappa shape index (κ1) is 24.7. The molecule has 1 aliphatic carbocycles. The molecule has 2 amide bonds. The predicted molar refractivity (Wildman–Crippen MR) is 127 cm³/mol. The number of carboxylic acid groups (broad SMARTS) is 1. The quantitative estimate of drug-likeness (QED) is 0.502. The lowest BCUT2D eigenvalue weighted by Gasteiger charge is -2.33. The SMILES string of the molecule is COCC(NC(=O)OCC1c2ccccc2-c2ccccc21)C(=O)NCC1(C(=O)O)CCCOC1. The Morgan fingerprint density at radius 1 is 1.11 bits per heavy atom. The summed E-state index contributed by atoms with van der Waals surface area (Å²) in [5.74, 6) is -1.68. The summed E-state index contributed by atoms with van der Waals surface area (Å²) < 4.78 is 15.9. The van der Waals surface area contributed by atoms with Gasteiger partial charge in [-0.2, -0.15) is 0 Å². The summed E-state index contributed by atoms with van der Waals surface area (Å²) in [7, 11) is 1.41. The summed E-state index contributed by atoms with van der Waals surface area (Å²) in [6.07, 6.45) is 0.247. The van der Waals surface area contributed by atoms with Crippen LogP contribution in [0, 0.1) is 5.41 Å². The van der Waals surface area contributed by atoms with Crippen LogP contribution in [0.2, 0.25) is 0 Å². The van der Waals surface area contributed by atoms with Crippen LogP contribution in [0.5, 0.6) is 0 Å². The Balaban J connectivity index is 1.36. The van der Waals surface area contributed by atoms with Gasteiger partial charge < -0.3 is 30.0 Å². The highest BCUT2D eigenvalue weighted by Crippen LogP contribution is 2.44. The minimum Gasteiger partial charge on any atom is -0.481 e. The fourth-order valence-corrected chi connectivity index (χ4v) is 4.75. The van der Waals surface area contributed by atoms with E-state index in [4.69, 9.17) is 14.2 Å². The Kier molecular flexibility index (Phi) is 7.67. The molecular weight excluding hydrogens is 452 g/mol. The highest BCUT2D eigenvalue weighted by atomic mass is 16.5. The number of carboxylic acids is 1. The van der Waals surface area contributed by atoms with Crippen LogP contribution in [0.3, 0.4) is 0 Å². The minimum absolute atomic E-state index is 0.0252. The van der Waals surface area contributed by atoms with Gasteiger partial charge in [0.1, 0.15) is 18.1 Å². The van der Waals surface area contributed by atoms with Crippen molar-refractivity contribution in [3.05, 3.63) is 59.7 Å². The first-order valence-corrected chi connectivity index (χ1v) is 11.6. The topological polar surface area (TPSA) is 123 Å². The third-order valence-electron chi connectivity index (χ3n) is 6.66. The number of carbonyl (C=O) groups is 3. The van der Waals surface area contributed by atoms with Gasteiger partial charge in [-0.25, -0.2) is 4.79 Å². The highest BCUT2D eigenvalue weighted by Gasteiger charge is 2.41. The lowest BCUT2D eigenvalue weighted by molar-refractivity contribution is -0.157. The molecule has 0 spiro atoms. The fraction of sp³-hybridized carbons (Fsp3) is 0.423. The maximum absolute atomic E-state index is 12.8. The van der Waals surface area contributed by atoms with Crippen molar-refractivity contribution in [1.82, 2.24) is 10.6 Å². The van der Waals surface area contributed by atoms with Crippen LogP contribution in [0.15, 0.2) is 48.5 Å². The molecule has 2 unspecified atom stereocenters. The van der Waals surface area contributed by atoms with Crippen LogP contribution in [0.4, 0.5) is 4.79 Å². The van der Waals surface area contributed by atoms with Gasteiger partial charge in [0.05, 0.1) is 13.2 Å². The molecule has 0 radical (unpaired) electrons. The van der Waals surface area contributed by atoms with Crippen molar-refractivity contribution in [1.29, 1.82) is 0 Å². The van der Waals surface area contributed by atoms with E-state index in [0.717, 1.165) is 22.3 Å². The molecule has 186 valence electrons. The van der Waals surface area contributed by atoms with Gasteiger partial charge in [0.25, 0.3) is 0 Å². The largest absolute Gasteiger partial charge is 0.481 e. The molecule has 4 rings (SSSR count). The molecule has 0 saturated carbocycles. The molecule has 0 aromatic heterocycles. The molecule has 1 fully saturated rings. The molecule has 9 heteroatoms. The van der Waals surface area contributed by atoms with E-state index < -0.39 is 29.4 Å². The summed E-state index contributed by atoms with van der Waals surface area (Å²) in [6, 6.07) is 15.0. The number of carbonyl (C=O) groups excluding carboxylic acids is 2. The van der Waals surface area contributed by atoms with Gasteiger partial charge in [-0.05, 0) is 35.1 Å². The summed E-state index contributed by atoms with van der Waals surface area (Å²) in [5, 5.41) is 14.8. The summed E-state index contributed by atoms with van der Waals surface area (Å²) >= 11 is 0. The first-order valence-electron chi connectivity index (χ1n) is 11.6. The van der Waals surface area contributed by atoms with Crippen LogP contribution < -0.4 is 10.6 Å². The van der Waals surface area contributed by atoms with Gasteiger partial charge in [0, 0.05) is 26.2 Å². The number of rotatable bonds is 9. The molecule has 9 nitrogen and oxygen atoms in total. The second-order valence-corrected chi connectivity index (χ2v) is 8.94. The lowest BCUT2D eigenvalue weighted by Crippen LogP contribution is -2.54. The first-order chi connectivity index (χ1) is 16.9. The standard InChI is InChI=1S/C26H30N2O7/c1-33-14-22(23(29)27-15-26(24(30)31)11-6-12-34-16-26)28-25(32)35-13-21-19-9-4-2-7-17(19)18-8-3-5-10-20(18)21/h2-5,7-10,21-22H,6,11-16H2,1H3,(H,27,29)(H,28,32)(H,30,31). The van der Waals surface area contributed by atoms with Gasteiger partial charge in [-0.15, -0.1) is 0 Å².